The maximum atomic E-state index is 13.1. The zero-order valence-corrected chi connectivity index (χ0v) is 22.6. The van der Waals surface area contributed by atoms with E-state index >= 15 is 0 Å². The van der Waals surface area contributed by atoms with Crippen molar-refractivity contribution in [1.29, 1.82) is 0 Å². The lowest BCUT2D eigenvalue weighted by Crippen LogP contribution is -2.41. The fraction of sp³-hybridized carbons (Fsp3) is 0.346. The fourth-order valence-electron chi connectivity index (χ4n) is 3.42. The van der Waals surface area contributed by atoms with E-state index in [-0.39, 0.29) is 17.9 Å². The Morgan fingerprint density at radius 3 is 2.33 bits per heavy atom. The van der Waals surface area contributed by atoms with Crippen molar-refractivity contribution < 1.29 is 14.3 Å². The molecule has 1 heterocycles. The monoisotopic (exact) mass is 531 g/mol. The quantitative estimate of drug-likeness (QED) is 0.353. The molecule has 0 aliphatic rings. The zero-order chi connectivity index (χ0) is 26.5. The number of anilines is 2. The first-order valence-corrected chi connectivity index (χ1v) is 12.3. The summed E-state index contributed by atoms with van der Waals surface area (Å²) in [6, 6.07) is 13.6. The number of nitrogens with zero attached hydrogens (tertiary/aromatic N) is 3. The van der Waals surface area contributed by atoms with E-state index < -0.39 is 6.03 Å². The van der Waals surface area contributed by atoms with Crippen LogP contribution >= 0.6 is 23.2 Å². The number of ether oxygens (including phenoxy) is 1. The highest BCUT2D eigenvalue weighted by Crippen LogP contribution is 2.28. The van der Waals surface area contributed by atoms with Crippen molar-refractivity contribution in [2.45, 2.75) is 39.5 Å². The van der Waals surface area contributed by atoms with E-state index in [0.29, 0.717) is 34.5 Å². The van der Waals surface area contributed by atoms with E-state index in [1.54, 1.807) is 30.0 Å². The summed E-state index contributed by atoms with van der Waals surface area (Å²) in [7, 11) is 1.60. The number of carbonyl (C=O) groups is 2. The van der Waals surface area contributed by atoms with Crippen molar-refractivity contribution in [3.8, 4) is 11.4 Å². The molecule has 0 saturated heterocycles. The molecule has 0 unspecified atom stereocenters. The van der Waals surface area contributed by atoms with Gasteiger partial charge in [0.15, 0.2) is 0 Å². The molecule has 0 aliphatic carbocycles. The number of rotatable bonds is 8. The average Bonchev–Trinajstić information content (AvgIpc) is 3.24. The van der Waals surface area contributed by atoms with Crippen LogP contribution in [0.25, 0.3) is 5.69 Å². The van der Waals surface area contributed by atoms with Gasteiger partial charge in [0, 0.05) is 23.0 Å². The topological polar surface area (TPSA) is 88.5 Å². The van der Waals surface area contributed by atoms with Gasteiger partial charge in [0.05, 0.1) is 29.2 Å². The Labute approximate surface area is 221 Å². The Morgan fingerprint density at radius 2 is 1.75 bits per heavy atom. The second kappa shape index (κ2) is 11.7. The zero-order valence-electron chi connectivity index (χ0n) is 21.1. The summed E-state index contributed by atoms with van der Waals surface area (Å²) in [6.45, 7) is 8.32. The normalized spacial score (nSPS) is 11.2. The molecule has 2 aromatic carbocycles. The molecule has 1 aromatic heterocycles. The molecule has 192 valence electrons. The highest BCUT2D eigenvalue weighted by molar-refractivity contribution is 6.36. The number of nitrogens with one attached hydrogen (secondary N) is 2. The van der Waals surface area contributed by atoms with Gasteiger partial charge in [-0.2, -0.15) is 5.10 Å². The number of benzene rings is 2. The number of amides is 3. The van der Waals surface area contributed by atoms with Crippen molar-refractivity contribution in [2.24, 2.45) is 0 Å². The number of methoxy groups -OCH3 is 1. The van der Waals surface area contributed by atoms with Crippen molar-refractivity contribution in [3.63, 3.8) is 0 Å². The average molecular weight is 532 g/mol. The van der Waals surface area contributed by atoms with Gasteiger partial charge in [-0.25, -0.2) is 9.48 Å². The molecule has 0 aliphatic heterocycles. The Balaban J connectivity index is 1.80. The molecule has 3 rings (SSSR count). The van der Waals surface area contributed by atoms with Gasteiger partial charge in [-0.3, -0.25) is 4.79 Å². The number of carbonyl (C=O) groups excluding carboxylic acids is 2. The molecule has 0 spiro atoms. The third kappa shape index (κ3) is 6.92. The smallest absolute Gasteiger partial charge is 0.322 e. The molecule has 3 amide bonds. The van der Waals surface area contributed by atoms with Crippen molar-refractivity contribution >= 4 is 46.6 Å². The van der Waals surface area contributed by atoms with Crippen LogP contribution in [0.4, 0.5) is 16.3 Å². The molecule has 0 radical (unpaired) electrons. The molecular formula is C26H31Cl2N5O3. The molecule has 0 bridgehead atoms. The summed E-state index contributed by atoms with van der Waals surface area (Å²) in [6.07, 6.45) is 0.674. The molecule has 3 aromatic rings. The second-order valence-corrected chi connectivity index (χ2v) is 10.1. The largest absolute Gasteiger partial charge is 0.497 e. The first kappa shape index (κ1) is 27.4. The standard InChI is InChI=1S/C26H31Cl2N5O3/c1-6-13-32(25(35)29-21-12-7-17(27)14-20(21)28)16-24(34)30-23-15-22(26(2,3)4)31-33(23)18-8-10-19(36-5)11-9-18/h7-12,14-15H,6,13,16H2,1-5H3,(H,29,35)(H,30,34). The first-order chi connectivity index (χ1) is 17.0. The van der Waals surface area contributed by atoms with E-state index in [1.165, 1.54) is 4.90 Å². The van der Waals surface area contributed by atoms with Crippen LogP contribution in [0.1, 0.15) is 39.8 Å². The Bertz CT molecular complexity index is 1220. The molecule has 8 nitrogen and oxygen atoms in total. The fourth-order valence-corrected chi connectivity index (χ4v) is 3.88. The van der Waals surface area contributed by atoms with E-state index in [9.17, 15) is 9.59 Å². The lowest BCUT2D eigenvalue weighted by molar-refractivity contribution is -0.116. The minimum atomic E-state index is -0.435. The number of aromatic nitrogens is 2. The first-order valence-electron chi connectivity index (χ1n) is 11.6. The third-order valence-electron chi connectivity index (χ3n) is 5.35. The van der Waals surface area contributed by atoms with Crippen molar-refractivity contribution in [1.82, 2.24) is 14.7 Å². The van der Waals surface area contributed by atoms with E-state index in [4.69, 9.17) is 33.0 Å². The minimum absolute atomic E-state index is 0.149. The van der Waals surface area contributed by atoms with Gasteiger partial charge >= 0.3 is 6.03 Å². The highest BCUT2D eigenvalue weighted by atomic mass is 35.5. The van der Waals surface area contributed by atoms with E-state index in [1.807, 2.05) is 37.3 Å². The second-order valence-electron chi connectivity index (χ2n) is 9.30. The van der Waals surface area contributed by atoms with Gasteiger partial charge in [0.25, 0.3) is 0 Å². The van der Waals surface area contributed by atoms with Crippen molar-refractivity contribution in [3.05, 3.63) is 64.3 Å². The predicted octanol–water partition coefficient (Wildman–Crippen LogP) is 6.37. The molecule has 0 fully saturated rings. The number of hydrogen-bond acceptors (Lipinski definition) is 4. The molecule has 36 heavy (non-hydrogen) atoms. The van der Waals surface area contributed by atoms with Gasteiger partial charge in [-0.05, 0) is 48.9 Å². The van der Waals surface area contributed by atoms with Gasteiger partial charge in [0.2, 0.25) is 5.91 Å². The minimum Gasteiger partial charge on any atom is -0.497 e. The summed E-state index contributed by atoms with van der Waals surface area (Å²) < 4.78 is 6.92. The van der Waals surface area contributed by atoms with Crippen LogP contribution in [0.3, 0.4) is 0 Å². The lowest BCUT2D eigenvalue weighted by Gasteiger charge is -2.22. The summed E-state index contributed by atoms with van der Waals surface area (Å²) in [5.74, 6) is 0.873. The molecule has 2 N–H and O–H groups in total. The van der Waals surface area contributed by atoms with Gasteiger partial charge in [-0.15, -0.1) is 0 Å². The molecule has 10 heteroatoms. The van der Waals surface area contributed by atoms with E-state index in [0.717, 1.165) is 17.1 Å². The summed E-state index contributed by atoms with van der Waals surface area (Å²) in [5, 5.41) is 11.2. The van der Waals surface area contributed by atoms with Crippen LogP contribution < -0.4 is 15.4 Å². The highest BCUT2D eigenvalue weighted by Gasteiger charge is 2.23. The molecule has 0 atom stereocenters. The maximum absolute atomic E-state index is 13.1. The summed E-state index contributed by atoms with van der Waals surface area (Å²) in [4.78, 5) is 27.4. The number of halogens is 2. The Kier molecular flexibility index (Phi) is 8.87. The molecule has 0 saturated carbocycles. The molecular weight excluding hydrogens is 501 g/mol. The van der Waals surface area contributed by atoms with Crippen LogP contribution in [-0.2, 0) is 10.2 Å². The van der Waals surface area contributed by atoms with Crippen LogP contribution in [0.5, 0.6) is 5.75 Å². The third-order valence-corrected chi connectivity index (χ3v) is 5.90. The van der Waals surface area contributed by atoms with Gasteiger partial charge in [-0.1, -0.05) is 50.9 Å². The van der Waals surface area contributed by atoms with E-state index in [2.05, 4.69) is 31.4 Å². The Morgan fingerprint density at radius 1 is 1.06 bits per heavy atom. The number of urea groups is 1. The van der Waals surface area contributed by atoms with Gasteiger partial charge in [0.1, 0.15) is 18.1 Å². The number of hydrogen-bond donors (Lipinski definition) is 2. The summed E-state index contributed by atoms with van der Waals surface area (Å²) in [5.41, 5.74) is 1.76. The Hall–Kier alpha value is -3.23. The van der Waals surface area contributed by atoms with Crippen LogP contribution in [0, 0.1) is 0 Å². The maximum Gasteiger partial charge on any atom is 0.322 e. The van der Waals surface area contributed by atoms with Crippen LogP contribution in [0.15, 0.2) is 48.5 Å². The lowest BCUT2D eigenvalue weighted by atomic mass is 9.92. The SMILES string of the molecule is CCCN(CC(=O)Nc1cc(C(C)(C)C)nn1-c1ccc(OC)cc1)C(=O)Nc1ccc(Cl)cc1Cl. The van der Waals surface area contributed by atoms with Gasteiger partial charge < -0.3 is 20.3 Å². The van der Waals surface area contributed by atoms with Crippen LogP contribution in [-0.4, -0.2) is 46.8 Å². The van der Waals surface area contributed by atoms with Crippen LogP contribution in [0.2, 0.25) is 10.0 Å². The van der Waals surface area contributed by atoms with Crippen molar-refractivity contribution in [2.75, 3.05) is 30.8 Å². The summed E-state index contributed by atoms with van der Waals surface area (Å²) >= 11 is 12.1. The predicted molar refractivity (Wildman–Crippen MR) is 145 cm³/mol.